The van der Waals surface area contributed by atoms with Crippen LogP contribution in [0, 0.1) is 5.82 Å². The highest BCUT2D eigenvalue weighted by Crippen LogP contribution is 2.21. The van der Waals surface area contributed by atoms with E-state index in [1.807, 2.05) is 18.2 Å². The van der Waals surface area contributed by atoms with Crippen molar-refractivity contribution in [3.8, 4) is 11.5 Å². The summed E-state index contributed by atoms with van der Waals surface area (Å²) in [7, 11) is 0. The highest BCUT2D eigenvalue weighted by molar-refractivity contribution is 5.94. The lowest BCUT2D eigenvalue weighted by Gasteiger charge is -2.28. The Morgan fingerprint density at radius 2 is 1.92 bits per heavy atom. The molecule has 3 aromatic rings. The van der Waals surface area contributed by atoms with Gasteiger partial charge in [0.05, 0.1) is 5.69 Å². The summed E-state index contributed by atoms with van der Waals surface area (Å²) in [6.07, 6.45) is 4.13. The summed E-state index contributed by atoms with van der Waals surface area (Å²) in [4.78, 5) is 27.5. The van der Waals surface area contributed by atoms with Crippen molar-refractivity contribution in [2.24, 2.45) is 0 Å². The van der Waals surface area contributed by atoms with E-state index in [0.717, 1.165) is 17.0 Å². The van der Waals surface area contributed by atoms with Gasteiger partial charge in [-0.15, -0.1) is 0 Å². The van der Waals surface area contributed by atoms with Crippen LogP contribution in [0.15, 0.2) is 54.9 Å². The molecule has 1 aliphatic heterocycles. The van der Waals surface area contributed by atoms with Crippen LogP contribution in [0.4, 0.5) is 4.39 Å². The second-order valence-electron chi connectivity index (χ2n) is 5.86. The van der Waals surface area contributed by atoms with E-state index < -0.39 is 0 Å². The van der Waals surface area contributed by atoms with Crippen molar-refractivity contribution in [1.82, 2.24) is 19.9 Å². The minimum atomic E-state index is -0.351. The normalized spacial score (nSPS) is 13.4. The van der Waals surface area contributed by atoms with E-state index >= 15 is 0 Å². The SMILES string of the molecule is O=C(c1ccc(F)cc1)N1CCc2nc(-c3ccccn3)ncc2C1. The molecule has 0 saturated heterocycles. The predicted molar refractivity (Wildman–Crippen MR) is 90.1 cm³/mol. The lowest BCUT2D eigenvalue weighted by molar-refractivity contribution is 0.0733. The Morgan fingerprint density at radius 3 is 2.68 bits per heavy atom. The molecule has 3 heterocycles. The van der Waals surface area contributed by atoms with Crippen LogP contribution < -0.4 is 0 Å². The number of fused-ring (bicyclic) bond motifs is 1. The van der Waals surface area contributed by atoms with Crippen LogP contribution in [0.1, 0.15) is 21.6 Å². The smallest absolute Gasteiger partial charge is 0.254 e. The third-order valence-corrected chi connectivity index (χ3v) is 4.21. The zero-order chi connectivity index (χ0) is 17.2. The summed E-state index contributed by atoms with van der Waals surface area (Å²) in [5.74, 6) is 0.133. The largest absolute Gasteiger partial charge is 0.334 e. The highest BCUT2D eigenvalue weighted by Gasteiger charge is 2.23. The Kier molecular flexibility index (Phi) is 3.93. The fourth-order valence-electron chi connectivity index (χ4n) is 2.88. The molecule has 25 heavy (non-hydrogen) atoms. The maximum atomic E-state index is 13.0. The fourth-order valence-corrected chi connectivity index (χ4v) is 2.88. The van der Waals surface area contributed by atoms with Crippen LogP contribution in [0.2, 0.25) is 0 Å². The van der Waals surface area contributed by atoms with E-state index in [-0.39, 0.29) is 11.7 Å². The Hall–Kier alpha value is -3.15. The van der Waals surface area contributed by atoms with Gasteiger partial charge in [0, 0.05) is 43.0 Å². The zero-order valence-corrected chi connectivity index (χ0v) is 13.4. The van der Waals surface area contributed by atoms with E-state index in [0.29, 0.717) is 30.9 Å². The summed E-state index contributed by atoms with van der Waals surface area (Å²) < 4.78 is 13.0. The Bertz CT molecular complexity index is 912. The molecule has 1 aliphatic rings. The summed E-state index contributed by atoms with van der Waals surface area (Å²) in [6, 6.07) is 11.2. The molecule has 0 saturated carbocycles. The predicted octanol–water partition coefficient (Wildman–Crippen LogP) is 2.88. The van der Waals surface area contributed by atoms with Gasteiger partial charge >= 0.3 is 0 Å². The molecule has 5 nitrogen and oxygen atoms in total. The van der Waals surface area contributed by atoms with Crippen LogP contribution >= 0.6 is 0 Å². The standard InChI is InChI=1S/C19H15FN4O/c20-15-6-4-13(5-7-15)19(25)24-10-8-16-14(12-24)11-22-18(23-16)17-3-1-2-9-21-17/h1-7,9,11H,8,10,12H2. The lowest BCUT2D eigenvalue weighted by atomic mass is 10.1. The summed E-state index contributed by atoms with van der Waals surface area (Å²) in [5.41, 5.74) is 3.09. The molecule has 0 spiro atoms. The van der Waals surface area contributed by atoms with Crippen molar-refractivity contribution in [3.63, 3.8) is 0 Å². The average Bonchev–Trinajstić information content (AvgIpc) is 2.68. The van der Waals surface area contributed by atoms with Crippen molar-refractivity contribution < 1.29 is 9.18 Å². The number of rotatable bonds is 2. The van der Waals surface area contributed by atoms with Gasteiger partial charge in [-0.1, -0.05) is 6.07 Å². The first-order chi connectivity index (χ1) is 12.2. The first-order valence-electron chi connectivity index (χ1n) is 8.02. The first kappa shape index (κ1) is 15.4. The number of halogens is 1. The molecule has 0 radical (unpaired) electrons. The third-order valence-electron chi connectivity index (χ3n) is 4.21. The highest BCUT2D eigenvalue weighted by atomic mass is 19.1. The van der Waals surface area contributed by atoms with Crippen molar-refractivity contribution in [2.45, 2.75) is 13.0 Å². The molecule has 1 aromatic carbocycles. The number of amides is 1. The maximum Gasteiger partial charge on any atom is 0.254 e. The second kappa shape index (κ2) is 6.39. The Morgan fingerprint density at radius 1 is 1.08 bits per heavy atom. The van der Waals surface area contributed by atoms with Gasteiger partial charge < -0.3 is 4.90 Å². The first-order valence-corrected chi connectivity index (χ1v) is 8.02. The van der Waals surface area contributed by atoms with Crippen LogP contribution in [0.25, 0.3) is 11.5 Å². The number of aromatic nitrogens is 3. The molecule has 0 bridgehead atoms. The van der Waals surface area contributed by atoms with E-state index in [1.165, 1.54) is 24.3 Å². The van der Waals surface area contributed by atoms with Gasteiger partial charge in [-0.25, -0.2) is 14.4 Å². The minimum Gasteiger partial charge on any atom is -0.334 e. The molecule has 124 valence electrons. The number of carbonyl (C=O) groups is 1. The molecular weight excluding hydrogens is 319 g/mol. The number of carbonyl (C=O) groups excluding carboxylic acids is 1. The lowest BCUT2D eigenvalue weighted by Crippen LogP contribution is -2.36. The number of hydrogen-bond donors (Lipinski definition) is 0. The number of hydrogen-bond acceptors (Lipinski definition) is 4. The zero-order valence-electron chi connectivity index (χ0n) is 13.4. The van der Waals surface area contributed by atoms with Gasteiger partial charge in [-0.3, -0.25) is 9.78 Å². The van der Waals surface area contributed by atoms with Crippen LogP contribution in [-0.2, 0) is 13.0 Å². The monoisotopic (exact) mass is 334 g/mol. The van der Waals surface area contributed by atoms with Gasteiger partial charge in [-0.2, -0.15) is 0 Å². The van der Waals surface area contributed by atoms with Gasteiger partial charge in [0.15, 0.2) is 5.82 Å². The molecule has 4 rings (SSSR count). The van der Waals surface area contributed by atoms with Crippen molar-refractivity contribution in [3.05, 3.63) is 77.5 Å². The third kappa shape index (κ3) is 3.10. The quantitative estimate of drug-likeness (QED) is 0.723. The van der Waals surface area contributed by atoms with Crippen molar-refractivity contribution in [1.29, 1.82) is 0 Å². The van der Waals surface area contributed by atoms with E-state index in [9.17, 15) is 9.18 Å². The maximum absolute atomic E-state index is 13.0. The van der Waals surface area contributed by atoms with Crippen LogP contribution in [0.3, 0.4) is 0 Å². The summed E-state index contributed by atoms with van der Waals surface area (Å²) in [6.45, 7) is 1.02. The number of benzene rings is 1. The van der Waals surface area contributed by atoms with Crippen molar-refractivity contribution >= 4 is 5.91 Å². The second-order valence-corrected chi connectivity index (χ2v) is 5.86. The molecular formula is C19H15FN4O. The molecule has 6 heteroatoms. The van der Waals surface area contributed by atoms with Gasteiger partial charge in [0.1, 0.15) is 11.5 Å². The van der Waals surface area contributed by atoms with E-state index in [1.54, 1.807) is 17.3 Å². The van der Waals surface area contributed by atoms with Gasteiger partial charge in [-0.05, 0) is 36.4 Å². The van der Waals surface area contributed by atoms with Crippen LogP contribution in [0.5, 0.6) is 0 Å². The van der Waals surface area contributed by atoms with E-state index in [2.05, 4.69) is 15.0 Å². The molecule has 0 fully saturated rings. The molecule has 0 unspecified atom stereocenters. The fraction of sp³-hybridized carbons (Fsp3) is 0.158. The molecule has 0 atom stereocenters. The number of nitrogens with zero attached hydrogens (tertiary/aromatic N) is 4. The molecule has 0 aliphatic carbocycles. The van der Waals surface area contributed by atoms with E-state index in [4.69, 9.17) is 0 Å². The Labute approximate surface area is 144 Å². The molecule has 1 amide bonds. The molecule has 2 aromatic heterocycles. The summed E-state index contributed by atoms with van der Waals surface area (Å²) in [5, 5.41) is 0. The van der Waals surface area contributed by atoms with Crippen molar-refractivity contribution in [2.75, 3.05) is 6.54 Å². The van der Waals surface area contributed by atoms with Crippen LogP contribution in [-0.4, -0.2) is 32.3 Å². The average molecular weight is 334 g/mol. The van der Waals surface area contributed by atoms with Gasteiger partial charge in [0.2, 0.25) is 0 Å². The minimum absolute atomic E-state index is 0.112. The topological polar surface area (TPSA) is 59.0 Å². The number of pyridine rings is 1. The van der Waals surface area contributed by atoms with Gasteiger partial charge in [0.25, 0.3) is 5.91 Å². The summed E-state index contributed by atoms with van der Waals surface area (Å²) >= 11 is 0. The molecule has 0 N–H and O–H groups in total. The Balaban J connectivity index is 1.55.